The summed E-state index contributed by atoms with van der Waals surface area (Å²) in [4.78, 5) is 2.28. The predicted octanol–water partition coefficient (Wildman–Crippen LogP) is 0.730. The van der Waals surface area contributed by atoms with Gasteiger partial charge in [-0.2, -0.15) is 0 Å². The number of allylic oxidation sites excluding steroid dienone is 1. The van der Waals surface area contributed by atoms with Crippen LogP contribution in [-0.2, 0) is 4.74 Å². The van der Waals surface area contributed by atoms with Crippen molar-refractivity contribution in [3.05, 3.63) is 12.2 Å². The second-order valence-electron chi connectivity index (χ2n) is 3.07. The Balaban J connectivity index is 3.12. The van der Waals surface area contributed by atoms with Crippen molar-refractivity contribution in [1.82, 2.24) is 10.2 Å². The molecule has 0 aliphatic rings. The third-order valence-corrected chi connectivity index (χ3v) is 1.81. The van der Waals surface area contributed by atoms with Crippen molar-refractivity contribution >= 4 is 0 Å². The van der Waals surface area contributed by atoms with Crippen LogP contribution in [0.4, 0.5) is 0 Å². The van der Waals surface area contributed by atoms with E-state index in [0.29, 0.717) is 0 Å². The highest BCUT2D eigenvalue weighted by Crippen LogP contribution is 1.81. The standard InChI is InChI=1S/C10H22N2O/c1-4-5-8-12(2)9-6-11-7-10-13-3/h4-5,11H,6-10H2,1-3H3/b5-4+. The quantitative estimate of drug-likeness (QED) is 0.447. The molecule has 3 nitrogen and oxygen atoms in total. The monoisotopic (exact) mass is 186 g/mol. The van der Waals surface area contributed by atoms with Gasteiger partial charge in [-0.1, -0.05) is 12.2 Å². The maximum Gasteiger partial charge on any atom is 0.0587 e. The lowest BCUT2D eigenvalue weighted by molar-refractivity contribution is 0.198. The molecule has 0 saturated heterocycles. The lowest BCUT2D eigenvalue weighted by Gasteiger charge is -2.14. The molecule has 3 heteroatoms. The van der Waals surface area contributed by atoms with E-state index in [2.05, 4.69) is 29.4 Å². The summed E-state index contributed by atoms with van der Waals surface area (Å²) in [5, 5.41) is 3.30. The van der Waals surface area contributed by atoms with E-state index in [1.807, 2.05) is 6.92 Å². The molecule has 0 unspecified atom stereocenters. The maximum atomic E-state index is 4.93. The summed E-state index contributed by atoms with van der Waals surface area (Å²) >= 11 is 0. The summed E-state index contributed by atoms with van der Waals surface area (Å²) in [6.07, 6.45) is 4.24. The van der Waals surface area contributed by atoms with E-state index in [9.17, 15) is 0 Å². The van der Waals surface area contributed by atoms with Crippen molar-refractivity contribution in [3.8, 4) is 0 Å². The molecule has 1 N–H and O–H groups in total. The Morgan fingerprint density at radius 1 is 1.38 bits per heavy atom. The minimum atomic E-state index is 0.790. The first-order valence-corrected chi connectivity index (χ1v) is 4.80. The van der Waals surface area contributed by atoms with E-state index in [4.69, 9.17) is 4.74 Å². The number of methoxy groups -OCH3 is 1. The molecule has 0 amide bonds. The van der Waals surface area contributed by atoms with Crippen molar-refractivity contribution in [2.24, 2.45) is 0 Å². The van der Waals surface area contributed by atoms with E-state index in [0.717, 1.165) is 32.8 Å². The molecule has 0 atom stereocenters. The van der Waals surface area contributed by atoms with E-state index >= 15 is 0 Å². The predicted molar refractivity (Wildman–Crippen MR) is 57.1 cm³/mol. The van der Waals surface area contributed by atoms with Crippen LogP contribution in [0.3, 0.4) is 0 Å². The van der Waals surface area contributed by atoms with Crippen LogP contribution in [0.15, 0.2) is 12.2 Å². The summed E-state index contributed by atoms with van der Waals surface area (Å²) < 4.78 is 4.93. The highest BCUT2D eigenvalue weighted by atomic mass is 16.5. The molecule has 13 heavy (non-hydrogen) atoms. The number of nitrogens with zero attached hydrogens (tertiary/aromatic N) is 1. The molecule has 0 radical (unpaired) electrons. The summed E-state index contributed by atoms with van der Waals surface area (Å²) in [6.45, 7) is 6.91. The first-order valence-electron chi connectivity index (χ1n) is 4.80. The largest absolute Gasteiger partial charge is 0.383 e. The first kappa shape index (κ1) is 12.6. The zero-order chi connectivity index (χ0) is 9.94. The maximum absolute atomic E-state index is 4.93. The topological polar surface area (TPSA) is 24.5 Å². The average molecular weight is 186 g/mol. The van der Waals surface area contributed by atoms with Crippen LogP contribution < -0.4 is 5.32 Å². The molecule has 0 fully saturated rings. The van der Waals surface area contributed by atoms with Crippen LogP contribution >= 0.6 is 0 Å². The van der Waals surface area contributed by atoms with Crippen molar-refractivity contribution in [3.63, 3.8) is 0 Å². The lowest BCUT2D eigenvalue weighted by Crippen LogP contribution is -2.31. The van der Waals surface area contributed by atoms with Gasteiger partial charge < -0.3 is 15.0 Å². The van der Waals surface area contributed by atoms with E-state index in [1.165, 1.54) is 0 Å². The molecular weight excluding hydrogens is 164 g/mol. The third kappa shape index (κ3) is 9.53. The average Bonchev–Trinajstić information content (AvgIpc) is 2.14. The van der Waals surface area contributed by atoms with Gasteiger partial charge in [0.2, 0.25) is 0 Å². The molecule has 78 valence electrons. The molecule has 0 rings (SSSR count). The van der Waals surface area contributed by atoms with Gasteiger partial charge in [0.25, 0.3) is 0 Å². The summed E-state index contributed by atoms with van der Waals surface area (Å²) in [5.41, 5.74) is 0. The number of hydrogen-bond donors (Lipinski definition) is 1. The highest BCUT2D eigenvalue weighted by Gasteiger charge is 1.93. The number of rotatable bonds is 8. The second kappa shape index (κ2) is 9.71. The fourth-order valence-corrected chi connectivity index (χ4v) is 0.946. The van der Waals surface area contributed by atoms with Crippen LogP contribution in [0.25, 0.3) is 0 Å². The Morgan fingerprint density at radius 2 is 2.15 bits per heavy atom. The second-order valence-corrected chi connectivity index (χ2v) is 3.07. The van der Waals surface area contributed by atoms with Gasteiger partial charge in [0.1, 0.15) is 0 Å². The summed E-state index contributed by atoms with van der Waals surface area (Å²) in [5.74, 6) is 0. The molecule has 0 bridgehead atoms. The normalized spacial score (nSPS) is 11.7. The fraction of sp³-hybridized carbons (Fsp3) is 0.800. The van der Waals surface area contributed by atoms with Gasteiger partial charge in [-0.15, -0.1) is 0 Å². The fourth-order valence-electron chi connectivity index (χ4n) is 0.946. The van der Waals surface area contributed by atoms with Gasteiger partial charge >= 0.3 is 0 Å². The smallest absolute Gasteiger partial charge is 0.0587 e. The number of nitrogens with one attached hydrogen (secondary N) is 1. The Morgan fingerprint density at radius 3 is 2.77 bits per heavy atom. The van der Waals surface area contributed by atoms with Gasteiger partial charge in [0.15, 0.2) is 0 Å². The third-order valence-electron chi connectivity index (χ3n) is 1.81. The van der Waals surface area contributed by atoms with Gasteiger partial charge in [0, 0.05) is 33.3 Å². The summed E-state index contributed by atoms with van der Waals surface area (Å²) in [6, 6.07) is 0. The minimum absolute atomic E-state index is 0.790. The van der Waals surface area contributed by atoms with E-state index < -0.39 is 0 Å². The number of hydrogen-bond acceptors (Lipinski definition) is 3. The molecule has 0 saturated carbocycles. The Kier molecular flexibility index (Phi) is 9.42. The van der Waals surface area contributed by atoms with Crippen molar-refractivity contribution in [2.45, 2.75) is 6.92 Å². The Labute approximate surface area is 81.8 Å². The van der Waals surface area contributed by atoms with Crippen molar-refractivity contribution < 1.29 is 4.74 Å². The summed E-state index contributed by atoms with van der Waals surface area (Å²) in [7, 11) is 3.85. The van der Waals surface area contributed by atoms with E-state index in [-0.39, 0.29) is 0 Å². The zero-order valence-electron chi connectivity index (χ0n) is 9.05. The first-order chi connectivity index (χ1) is 6.31. The van der Waals surface area contributed by atoms with Gasteiger partial charge in [0.05, 0.1) is 6.61 Å². The molecule has 0 aromatic heterocycles. The van der Waals surface area contributed by atoms with Crippen molar-refractivity contribution in [2.75, 3.05) is 46.9 Å². The lowest BCUT2D eigenvalue weighted by atomic mass is 10.4. The van der Waals surface area contributed by atoms with Crippen LogP contribution in [0.2, 0.25) is 0 Å². The van der Waals surface area contributed by atoms with Crippen molar-refractivity contribution in [1.29, 1.82) is 0 Å². The Bertz CT molecular complexity index is 126. The molecule has 0 aliphatic carbocycles. The molecular formula is C10H22N2O. The minimum Gasteiger partial charge on any atom is -0.383 e. The molecule has 0 spiro atoms. The Hall–Kier alpha value is -0.380. The SMILES string of the molecule is C/C=C/CN(C)CCNCCOC. The van der Waals surface area contributed by atoms with Gasteiger partial charge in [-0.25, -0.2) is 0 Å². The van der Waals surface area contributed by atoms with E-state index in [1.54, 1.807) is 7.11 Å². The van der Waals surface area contributed by atoms with Crippen LogP contribution in [-0.4, -0.2) is 51.8 Å². The molecule has 0 heterocycles. The van der Waals surface area contributed by atoms with Gasteiger partial charge in [-0.3, -0.25) is 0 Å². The number of likely N-dealkylation sites (N-methyl/N-ethyl adjacent to an activating group) is 1. The molecule has 0 aromatic carbocycles. The highest BCUT2D eigenvalue weighted by molar-refractivity contribution is 4.80. The zero-order valence-corrected chi connectivity index (χ0v) is 9.05. The van der Waals surface area contributed by atoms with Crippen LogP contribution in [0.1, 0.15) is 6.92 Å². The van der Waals surface area contributed by atoms with Gasteiger partial charge in [-0.05, 0) is 14.0 Å². The number of ether oxygens (including phenoxy) is 1. The van der Waals surface area contributed by atoms with Crippen LogP contribution in [0.5, 0.6) is 0 Å². The molecule has 0 aliphatic heterocycles. The molecule has 0 aromatic rings. The van der Waals surface area contributed by atoms with Crippen LogP contribution in [0, 0.1) is 0 Å².